The Morgan fingerprint density at radius 1 is 0.345 bits per heavy atom. The second-order valence-corrected chi connectivity index (χ2v) is 15.7. The first-order valence-electron chi connectivity index (χ1n) is 19.9. The van der Waals surface area contributed by atoms with Gasteiger partial charge in [0, 0.05) is 38.4 Å². The van der Waals surface area contributed by atoms with Gasteiger partial charge >= 0.3 is 0 Å². The molecule has 4 heteroatoms. The highest BCUT2D eigenvalue weighted by molar-refractivity contribution is 6.12. The lowest BCUT2D eigenvalue weighted by Gasteiger charge is -2.22. The van der Waals surface area contributed by atoms with E-state index in [1.807, 2.05) is 60.7 Å². The van der Waals surface area contributed by atoms with Gasteiger partial charge in [-0.15, -0.1) is 0 Å². The second kappa shape index (κ2) is 13.4. The van der Waals surface area contributed by atoms with Crippen LogP contribution in [0.3, 0.4) is 0 Å². The number of rotatable bonds is 6. The maximum atomic E-state index is 5.04. The molecule has 8 aromatic carbocycles. The quantitative estimate of drug-likeness (QED) is 0.170. The zero-order chi connectivity index (χ0) is 38.8. The Kier molecular flexibility index (Phi) is 7.80. The molecule has 0 N–H and O–H groups in total. The lowest BCUT2D eigenvalue weighted by molar-refractivity contribution is 0.661. The van der Waals surface area contributed by atoms with Crippen LogP contribution in [0, 0.1) is 0 Å². The summed E-state index contributed by atoms with van der Waals surface area (Å²) in [5, 5.41) is 2.50. The third-order valence-corrected chi connectivity index (χ3v) is 11.9. The van der Waals surface area contributed by atoms with Crippen molar-refractivity contribution in [2.24, 2.45) is 0 Å². The van der Waals surface area contributed by atoms with Gasteiger partial charge < -0.3 is 4.57 Å². The Morgan fingerprint density at radius 3 is 1.60 bits per heavy atom. The van der Waals surface area contributed by atoms with Crippen LogP contribution in [0.5, 0.6) is 0 Å². The SMILES string of the molecule is CC1(C)c2ccccc2-c2cc3c4ccccc4n(-c4cc(-c5cccc(-c6nc(-c7ccccc7)nc(-c7ccccc7)n6)c5)ccc4-c4ccccc4)c3cc21. The fourth-order valence-electron chi connectivity index (χ4n) is 8.96. The van der Waals surface area contributed by atoms with Gasteiger partial charge in [0.25, 0.3) is 0 Å². The van der Waals surface area contributed by atoms with Crippen LogP contribution in [0.4, 0.5) is 0 Å². The van der Waals surface area contributed by atoms with E-state index in [2.05, 4.69) is 152 Å². The van der Waals surface area contributed by atoms with E-state index in [1.54, 1.807) is 0 Å². The highest BCUT2D eigenvalue weighted by atomic mass is 15.0. The van der Waals surface area contributed by atoms with Gasteiger partial charge in [-0.25, -0.2) is 15.0 Å². The minimum atomic E-state index is -0.123. The molecule has 0 fully saturated rings. The van der Waals surface area contributed by atoms with Crippen LogP contribution < -0.4 is 0 Å². The van der Waals surface area contributed by atoms with Crippen LogP contribution in [0.2, 0.25) is 0 Å². The van der Waals surface area contributed by atoms with Crippen molar-refractivity contribution in [3.05, 3.63) is 205 Å². The highest BCUT2D eigenvalue weighted by Crippen LogP contribution is 2.51. The van der Waals surface area contributed by atoms with Gasteiger partial charge in [0.05, 0.1) is 16.7 Å². The smallest absolute Gasteiger partial charge is 0.164 e. The van der Waals surface area contributed by atoms with E-state index in [4.69, 9.17) is 15.0 Å². The molecule has 0 saturated heterocycles. The number of nitrogens with zero attached hydrogens (tertiary/aromatic N) is 4. The first-order chi connectivity index (χ1) is 28.5. The molecule has 58 heavy (non-hydrogen) atoms. The summed E-state index contributed by atoms with van der Waals surface area (Å²) in [6.45, 7) is 4.72. The van der Waals surface area contributed by atoms with Crippen molar-refractivity contribution in [3.8, 4) is 73.2 Å². The van der Waals surface area contributed by atoms with Crippen molar-refractivity contribution in [1.29, 1.82) is 0 Å². The van der Waals surface area contributed by atoms with Crippen LogP contribution >= 0.6 is 0 Å². The normalized spacial score (nSPS) is 12.8. The Labute approximate surface area is 337 Å². The zero-order valence-electron chi connectivity index (χ0n) is 32.3. The Bertz CT molecular complexity index is 3120. The van der Waals surface area contributed by atoms with Crippen LogP contribution in [0.15, 0.2) is 194 Å². The third-order valence-electron chi connectivity index (χ3n) is 11.9. The van der Waals surface area contributed by atoms with Crippen molar-refractivity contribution in [2.75, 3.05) is 0 Å². The number of aromatic nitrogens is 4. The molecule has 2 heterocycles. The van der Waals surface area contributed by atoms with Gasteiger partial charge in [-0.1, -0.05) is 178 Å². The summed E-state index contributed by atoms with van der Waals surface area (Å²) in [4.78, 5) is 15.0. The standard InChI is InChI=1S/C54H38N4/c1-54(2)46-27-14-12-25-42(46)44-33-45-43-26-13-15-28-48(43)58(50(45)34-47(44)54)49-32-39(29-30-41(49)35-17-6-3-7-18-35)38-23-16-24-40(31-38)53-56-51(36-19-8-4-9-20-36)55-52(57-53)37-21-10-5-11-22-37/h3-34H,1-2H3. The van der Waals surface area contributed by atoms with Gasteiger partial charge in [-0.2, -0.15) is 0 Å². The fourth-order valence-corrected chi connectivity index (χ4v) is 8.96. The number of hydrogen-bond donors (Lipinski definition) is 0. The Morgan fingerprint density at radius 2 is 0.897 bits per heavy atom. The minimum absolute atomic E-state index is 0.123. The molecule has 11 rings (SSSR count). The average Bonchev–Trinajstić information content (AvgIpc) is 3.73. The molecule has 0 aliphatic heterocycles. The number of hydrogen-bond acceptors (Lipinski definition) is 3. The molecule has 10 aromatic rings. The summed E-state index contributed by atoms with van der Waals surface area (Å²) in [6.07, 6.45) is 0. The Hall–Kier alpha value is -7.43. The molecular formula is C54H38N4. The van der Waals surface area contributed by atoms with Crippen molar-refractivity contribution < 1.29 is 0 Å². The van der Waals surface area contributed by atoms with Crippen LogP contribution in [0.1, 0.15) is 25.0 Å². The first kappa shape index (κ1) is 33.9. The van der Waals surface area contributed by atoms with Crippen molar-refractivity contribution >= 4 is 21.8 Å². The predicted octanol–water partition coefficient (Wildman–Crippen LogP) is 13.6. The monoisotopic (exact) mass is 742 g/mol. The second-order valence-electron chi connectivity index (χ2n) is 15.7. The van der Waals surface area contributed by atoms with Crippen molar-refractivity contribution in [2.45, 2.75) is 19.3 Å². The van der Waals surface area contributed by atoms with Gasteiger partial charge in [0.1, 0.15) is 0 Å². The predicted molar refractivity (Wildman–Crippen MR) is 239 cm³/mol. The summed E-state index contributed by atoms with van der Waals surface area (Å²) in [5.74, 6) is 1.93. The van der Waals surface area contributed by atoms with E-state index >= 15 is 0 Å². The molecule has 1 aliphatic rings. The molecule has 0 saturated carbocycles. The largest absolute Gasteiger partial charge is 0.309 e. The number of fused-ring (bicyclic) bond motifs is 6. The van der Waals surface area contributed by atoms with Crippen molar-refractivity contribution in [3.63, 3.8) is 0 Å². The maximum absolute atomic E-state index is 5.04. The zero-order valence-corrected chi connectivity index (χ0v) is 32.3. The molecule has 274 valence electrons. The Balaban J connectivity index is 1.12. The lowest BCUT2D eigenvalue weighted by Crippen LogP contribution is -2.15. The molecule has 0 bridgehead atoms. The van der Waals surface area contributed by atoms with E-state index < -0.39 is 0 Å². The molecule has 0 atom stereocenters. The van der Waals surface area contributed by atoms with E-state index in [9.17, 15) is 0 Å². The summed E-state index contributed by atoms with van der Waals surface area (Å²) in [6, 6.07) is 69.1. The number of para-hydroxylation sites is 1. The summed E-state index contributed by atoms with van der Waals surface area (Å²) in [7, 11) is 0. The molecule has 0 amide bonds. The minimum Gasteiger partial charge on any atom is -0.309 e. The summed E-state index contributed by atoms with van der Waals surface area (Å²) >= 11 is 0. The van der Waals surface area contributed by atoms with E-state index in [0.29, 0.717) is 17.5 Å². The third kappa shape index (κ3) is 5.48. The average molecular weight is 743 g/mol. The molecule has 4 nitrogen and oxygen atoms in total. The fraction of sp³-hybridized carbons (Fsp3) is 0.0556. The highest BCUT2D eigenvalue weighted by Gasteiger charge is 2.36. The summed E-state index contributed by atoms with van der Waals surface area (Å²) in [5.41, 5.74) is 16.2. The molecule has 2 aromatic heterocycles. The van der Waals surface area contributed by atoms with E-state index in [1.165, 1.54) is 55.2 Å². The molecular weight excluding hydrogens is 705 g/mol. The molecule has 0 spiro atoms. The van der Waals surface area contributed by atoms with E-state index in [0.717, 1.165) is 33.5 Å². The topological polar surface area (TPSA) is 43.6 Å². The van der Waals surface area contributed by atoms with Gasteiger partial charge in [-0.3, -0.25) is 0 Å². The summed E-state index contributed by atoms with van der Waals surface area (Å²) < 4.78 is 2.49. The number of benzene rings is 8. The lowest BCUT2D eigenvalue weighted by atomic mass is 9.82. The van der Waals surface area contributed by atoms with Crippen LogP contribution in [-0.2, 0) is 5.41 Å². The van der Waals surface area contributed by atoms with Gasteiger partial charge in [-0.05, 0) is 69.3 Å². The first-order valence-corrected chi connectivity index (χ1v) is 19.9. The van der Waals surface area contributed by atoms with Crippen LogP contribution in [-0.4, -0.2) is 19.5 Å². The van der Waals surface area contributed by atoms with Gasteiger partial charge in [0.2, 0.25) is 0 Å². The molecule has 0 radical (unpaired) electrons. The van der Waals surface area contributed by atoms with Crippen LogP contribution in [0.25, 0.3) is 95.0 Å². The van der Waals surface area contributed by atoms with Gasteiger partial charge in [0.15, 0.2) is 17.5 Å². The molecule has 0 unspecified atom stereocenters. The van der Waals surface area contributed by atoms with Crippen molar-refractivity contribution in [1.82, 2.24) is 19.5 Å². The van der Waals surface area contributed by atoms with E-state index in [-0.39, 0.29) is 5.41 Å². The molecule has 1 aliphatic carbocycles. The maximum Gasteiger partial charge on any atom is 0.164 e.